The van der Waals surface area contributed by atoms with E-state index >= 15 is 0 Å². The summed E-state index contributed by atoms with van der Waals surface area (Å²) in [5.41, 5.74) is 9.23. The van der Waals surface area contributed by atoms with E-state index in [1.54, 1.807) is 17.9 Å². The number of nitrogens with one attached hydrogen (secondary N) is 1. The quantitative estimate of drug-likeness (QED) is 0.818. The van der Waals surface area contributed by atoms with Gasteiger partial charge < -0.3 is 11.1 Å². The van der Waals surface area contributed by atoms with Crippen molar-refractivity contribution in [3.05, 3.63) is 30.0 Å². The Morgan fingerprint density at radius 3 is 2.74 bits per heavy atom. The molecule has 0 radical (unpaired) electrons. The molecule has 0 fully saturated rings. The van der Waals surface area contributed by atoms with Gasteiger partial charge in [-0.15, -0.1) is 0 Å². The van der Waals surface area contributed by atoms with Gasteiger partial charge in [0.1, 0.15) is 5.82 Å². The van der Waals surface area contributed by atoms with Crippen molar-refractivity contribution in [3.8, 4) is 11.1 Å². The number of carbonyl (C=O) groups excluding carboxylic acids is 1. The summed E-state index contributed by atoms with van der Waals surface area (Å²) in [5.74, 6) is 0.647. The molecule has 3 N–H and O–H groups in total. The van der Waals surface area contributed by atoms with Crippen LogP contribution in [0.3, 0.4) is 0 Å². The predicted molar refractivity (Wildman–Crippen MR) is 74.7 cm³/mol. The standard InChI is InChI=1S/C14H16N4O/c1-14(2)10-6-8(4-5-11(10)17-13(14)19)9-7-16-18(3)12(9)15/h4-7H,15H2,1-3H3,(H,17,19). The van der Waals surface area contributed by atoms with E-state index in [0.717, 1.165) is 22.4 Å². The van der Waals surface area contributed by atoms with E-state index in [9.17, 15) is 4.79 Å². The van der Waals surface area contributed by atoms with Crippen LogP contribution in [0.2, 0.25) is 0 Å². The van der Waals surface area contributed by atoms with E-state index in [0.29, 0.717) is 5.82 Å². The topological polar surface area (TPSA) is 72.9 Å². The monoisotopic (exact) mass is 256 g/mol. The van der Waals surface area contributed by atoms with Crippen LogP contribution in [-0.4, -0.2) is 15.7 Å². The second-order valence-corrected chi connectivity index (χ2v) is 5.41. The fourth-order valence-electron chi connectivity index (χ4n) is 2.41. The van der Waals surface area contributed by atoms with Crippen molar-refractivity contribution >= 4 is 17.4 Å². The van der Waals surface area contributed by atoms with Gasteiger partial charge in [-0.2, -0.15) is 5.10 Å². The Morgan fingerprint density at radius 1 is 1.37 bits per heavy atom. The number of hydrogen-bond donors (Lipinski definition) is 2. The molecule has 0 bridgehead atoms. The Morgan fingerprint density at radius 2 is 2.11 bits per heavy atom. The number of carbonyl (C=O) groups is 1. The molecule has 0 saturated heterocycles. The fourth-order valence-corrected chi connectivity index (χ4v) is 2.41. The number of benzene rings is 1. The molecule has 0 aliphatic carbocycles. The maximum absolute atomic E-state index is 11.9. The first-order valence-electron chi connectivity index (χ1n) is 6.15. The van der Waals surface area contributed by atoms with Gasteiger partial charge in [-0.25, -0.2) is 0 Å². The molecule has 3 rings (SSSR count). The first kappa shape index (κ1) is 11.8. The number of nitrogen functional groups attached to an aromatic ring is 1. The minimum absolute atomic E-state index is 0.0267. The molecule has 2 aromatic rings. The Kier molecular flexibility index (Phi) is 2.23. The van der Waals surface area contributed by atoms with Crippen molar-refractivity contribution in [2.75, 3.05) is 11.1 Å². The van der Waals surface area contributed by atoms with Crippen LogP contribution in [0.4, 0.5) is 11.5 Å². The van der Waals surface area contributed by atoms with Crippen molar-refractivity contribution in [1.29, 1.82) is 0 Å². The van der Waals surface area contributed by atoms with Crippen LogP contribution < -0.4 is 11.1 Å². The zero-order valence-corrected chi connectivity index (χ0v) is 11.2. The van der Waals surface area contributed by atoms with Crippen molar-refractivity contribution in [3.63, 3.8) is 0 Å². The van der Waals surface area contributed by atoms with Gasteiger partial charge in [0.15, 0.2) is 0 Å². The molecule has 0 saturated carbocycles. The third-order valence-corrected chi connectivity index (χ3v) is 3.80. The summed E-state index contributed by atoms with van der Waals surface area (Å²) in [6.45, 7) is 3.84. The van der Waals surface area contributed by atoms with E-state index in [1.165, 1.54) is 0 Å². The molecule has 1 amide bonds. The first-order valence-corrected chi connectivity index (χ1v) is 6.15. The number of rotatable bonds is 1. The molecule has 5 heteroatoms. The lowest BCUT2D eigenvalue weighted by atomic mass is 9.85. The molecule has 5 nitrogen and oxygen atoms in total. The molecule has 19 heavy (non-hydrogen) atoms. The van der Waals surface area contributed by atoms with Gasteiger partial charge >= 0.3 is 0 Å². The summed E-state index contributed by atoms with van der Waals surface area (Å²) in [6, 6.07) is 5.89. The number of amides is 1. The Hall–Kier alpha value is -2.30. The number of nitrogens with two attached hydrogens (primary N) is 1. The molecule has 0 unspecified atom stereocenters. The molecule has 2 heterocycles. The normalized spacial score (nSPS) is 16.3. The summed E-state index contributed by atoms with van der Waals surface area (Å²) >= 11 is 0. The second-order valence-electron chi connectivity index (χ2n) is 5.41. The summed E-state index contributed by atoms with van der Waals surface area (Å²) < 4.78 is 1.64. The maximum atomic E-state index is 11.9. The van der Waals surface area contributed by atoms with Crippen LogP contribution in [-0.2, 0) is 17.3 Å². The average molecular weight is 256 g/mol. The van der Waals surface area contributed by atoms with E-state index in [4.69, 9.17) is 5.73 Å². The Balaban J connectivity index is 2.16. The lowest BCUT2D eigenvalue weighted by Crippen LogP contribution is -2.26. The van der Waals surface area contributed by atoms with Crippen LogP contribution in [0.25, 0.3) is 11.1 Å². The maximum Gasteiger partial charge on any atom is 0.234 e. The van der Waals surface area contributed by atoms with Crippen LogP contribution in [0.1, 0.15) is 19.4 Å². The molecular weight excluding hydrogens is 240 g/mol. The van der Waals surface area contributed by atoms with Crippen LogP contribution in [0.15, 0.2) is 24.4 Å². The zero-order chi connectivity index (χ0) is 13.8. The molecule has 98 valence electrons. The summed E-state index contributed by atoms with van der Waals surface area (Å²) in [6.07, 6.45) is 1.74. The number of aromatic nitrogens is 2. The van der Waals surface area contributed by atoms with Gasteiger partial charge in [-0.05, 0) is 37.1 Å². The summed E-state index contributed by atoms with van der Waals surface area (Å²) in [5, 5.41) is 7.04. The Labute approximate surface area is 111 Å². The van der Waals surface area contributed by atoms with E-state index in [-0.39, 0.29) is 5.91 Å². The van der Waals surface area contributed by atoms with E-state index < -0.39 is 5.41 Å². The van der Waals surface area contributed by atoms with Gasteiger partial charge in [0.2, 0.25) is 5.91 Å². The van der Waals surface area contributed by atoms with Gasteiger partial charge in [-0.1, -0.05) is 6.07 Å². The van der Waals surface area contributed by atoms with Crippen LogP contribution in [0, 0.1) is 0 Å². The molecule has 1 aromatic carbocycles. The van der Waals surface area contributed by atoms with E-state index in [2.05, 4.69) is 10.4 Å². The average Bonchev–Trinajstić information content (AvgIpc) is 2.80. The summed E-state index contributed by atoms with van der Waals surface area (Å²) in [4.78, 5) is 11.9. The third-order valence-electron chi connectivity index (χ3n) is 3.80. The zero-order valence-electron chi connectivity index (χ0n) is 11.2. The third kappa shape index (κ3) is 1.54. The lowest BCUT2D eigenvalue weighted by molar-refractivity contribution is -0.119. The molecule has 0 atom stereocenters. The molecule has 1 aliphatic heterocycles. The molecule has 1 aromatic heterocycles. The minimum Gasteiger partial charge on any atom is -0.383 e. The van der Waals surface area contributed by atoms with E-state index in [1.807, 2.05) is 32.0 Å². The molecule has 1 aliphatic rings. The highest BCUT2D eigenvalue weighted by molar-refractivity contribution is 6.06. The highest BCUT2D eigenvalue weighted by Crippen LogP contribution is 2.40. The Bertz CT molecular complexity index is 685. The minimum atomic E-state index is -0.512. The highest BCUT2D eigenvalue weighted by Gasteiger charge is 2.38. The van der Waals surface area contributed by atoms with Crippen molar-refractivity contribution in [2.24, 2.45) is 7.05 Å². The first-order chi connectivity index (χ1) is 8.91. The van der Waals surface area contributed by atoms with Gasteiger partial charge in [-0.3, -0.25) is 9.48 Å². The number of hydrogen-bond acceptors (Lipinski definition) is 3. The number of anilines is 2. The number of nitrogens with zero attached hydrogens (tertiary/aromatic N) is 2. The van der Waals surface area contributed by atoms with Crippen molar-refractivity contribution in [2.45, 2.75) is 19.3 Å². The number of fused-ring (bicyclic) bond motifs is 1. The van der Waals surface area contributed by atoms with Crippen molar-refractivity contribution < 1.29 is 4.79 Å². The van der Waals surface area contributed by atoms with Gasteiger partial charge in [0, 0.05) is 18.3 Å². The fraction of sp³-hybridized carbons (Fsp3) is 0.286. The highest BCUT2D eigenvalue weighted by atomic mass is 16.2. The predicted octanol–water partition coefficient (Wildman–Crippen LogP) is 1.90. The van der Waals surface area contributed by atoms with Crippen LogP contribution in [0.5, 0.6) is 0 Å². The lowest BCUT2D eigenvalue weighted by Gasteiger charge is -2.15. The molecule has 0 spiro atoms. The molecular formula is C14H16N4O. The van der Waals surface area contributed by atoms with Gasteiger partial charge in [0.25, 0.3) is 0 Å². The summed E-state index contributed by atoms with van der Waals surface area (Å²) in [7, 11) is 1.81. The smallest absolute Gasteiger partial charge is 0.234 e. The van der Waals surface area contributed by atoms with Crippen LogP contribution >= 0.6 is 0 Å². The number of aryl methyl sites for hydroxylation is 1. The van der Waals surface area contributed by atoms with Crippen molar-refractivity contribution in [1.82, 2.24) is 9.78 Å². The second kappa shape index (κ2) is 3.60. The SMILES string of the molecule is Cn1ncc(-c2ccc3c(c2)C(C)(C)C(=O)N3)c1N. The largest absolute Gasteiger partial charge is 0.383 e. The van der Waals surface area contributed by atoms with Gasteiger partial charge in [0.05, 0.1) is 11.6 Å².